The highest BCUT2D eigenvalue weighted by Gasteiger charge is 2.60. The van der Waals surface area contributed by atoms with Crippen LogP contribution in [-0.4, -0.2) is 22.8 Å². The van der Waals surface area contributed by atoms with E-state index in [9.17, 15) is 14.7 Å². The first kappa shape index (κ1) is 16.1. The molecule has 4 aliphatic carbocycles. The van der Waals surface area contributed by atoms with E-state index in [0.29, 0.717) is 36.4 Å². The van der Waals surface area contributed by atoms with E-state index in [1.54, 1.807) is 6.08 Å². The van der Waals surface area contributed by atoms with Crippen molar-refractivity contribution in [3.8, 4) is 12.3 Å². The van der Waals surface area contributed by atoms with Crippen LogP contribution in [0.25, 0.3) is 0 Å². The number of rotatable bonds is 1. The molecule has 1 N–H and O–H groups in total. The molecule has 128 valence electrons. The first-order valence-corrected chi connectivity index (χ1v) is 9.32. The van der Waals surface area contributed by atoms with Crippen LogP contribution in [0.1, 0.15) is 58.3 Å². The molecule has 0 aromatic rings. The largest absolute Gasteiger partial charge is 0.385 e. The third-order valence-electron chi connectivity index (χ3n) is 7.86. The SMILES string of the molecule is C#CC[C@]12C[C@H](O)C(=O)C=C1CC[C@@H]1[C@@H]2CC[C@]2(C)C(=O)CC[C@@H]12. The van der Waals surface area contributed by atoms with Gasteiger partial charge in [0.1, 0.15) is 11.9 Å². The van der Waals surface area contributed by atoms with Crippen molar-refractivity contribution in [2.45, 2.75) is 64.4 Å². The lowest BCUT2D eigenvalue weighted by atomic mass is 9.46. The van der Waals surface area contributed by atoms with Crippen LogP contribution in [0.5, 0.6) is 0 Å². The summed E-state index contributed by atoms with van der Waals surface area (Å²) in [6.45, 7) is 2.17. The average molecular weight is 326 g/mol. The lowest BCUT2D eigenvalue weighted by Crippen LogP contribution is -2.53. The fraction of sp³-hybridized carbons (Fsp3) is 0.714. The molecular formula is C21H26O3. The number of hydrogen-bond acceptors (Lipinski definition) is 3. The fourth-order valence-electron chi connectivity index (χ4n) is 6.67. The molecule has 6 atom stereocenters. The zero-order valence-corrected chi connectivity index (χ0v) is 14.4. The molecule has 0 unspecified atom stereocenters. The quantitative estimate of drug-likeness (QED) is 0.754. The molecule has 0 heterocycles. The van der Waals surface area contributed by atoms with Crippen LogP contribution in [0.15, 0.2) is 11.6 Å². The Kier molecular flexibility index (Phi) is 3.55. The number of terminal acetylenes is 1. The number of Topliss-reactive ketones (excluding diaryl/α,β-unsaturated/α-hetero) is 1. The molecule has 0 saturated heterocycles. The number of hydrogen-bond donors (Lipinski definition) is 1. The van der Waals surface area contributed by atoms with Crippen molar-refractivity contribution < 1.29 is 14.7 Å². The summed E-state index contributed by atoms with van der Waals surface area (Å²) in [5.74, 6) is 4.48. The molecule has 0 bridgehead atoms. The lowest BCUT2D eigenvalue weighted by molar-refractivity contribution is -0.135. The second-order valence-corrected chi connectivity index (χ2v) is 8.66. The van der Waals surface area contributed by atoms with Gasteiger partial charge in [0.05, 0.1) is 0 Å². The number of carbonyl (C=O) groups excluding carboxylic acids is 2. The lowest BCUT2D eigenvalue weighted by Gasteiger charge is -2.58. The van der Waals surface area contributed by atoms with Gasteiger partial charge in [0, 0.05) is 23.7 Å². The van der Waals surface area contributed by atoms with Crippen molar-refractivity contribution in [2.75, 3.05) is 0 Å². The van der Waals surface area contributed by atoms with Gasteiger partial charge in [0.15, 0.2) is 5.78 Å². The topological polar surface area (TPSA) is 54.4 Å². The summed E-state index contributed by atoms with van der Waals surface area (Å²) >= 11 is 0. The van der Waals surface area contributed by atoms with E-state index in [0.717, 1.165) is 38.5 Å². The van der Waals surface area contributed by atoms with Gasteiger partial charge < -0.3 is 5.11 Å². The van der Waals surface area contributed by atoms with Gasteiger partial charge >= 0.3 is 0 Å². The standard InChI is InChI=1S/C21H26O3/c1-3-9-21-12-18(23)17(22)11-13(21)4-5-14-15-6-7-19(24)20(15,2)10-8-16(14)21/h1,11,14-16,18,23H,4-10,12H2,2H3/t14-,15-,16-,18-,20-,21-/m0/s1. The molecule has 0 spiro atoms. The zero-order valence-electron chi connectivity index (χ0n) is 14.4. The van der Waals surface area contributed by atoms with Gasteiger partial charge in [-0.15, -0.1) is 12.3 Å². The molecule has 0 aliphatic heterocycles. The highest BCUT2D eigenvalue weighted by Crippen LogP contribution is 2.65. The second kappa shape index (κ2) is 5.30. The highest BCUT2D eigenvalue weighted by atomic mass is 16.3. The van der Waals surface area contributed by atoms with E-state index >= 15 is 0 Å². The van der Waals surface area contributed by atoms with Crippen molar-refractivity contribution in [2.24, 2.45) is 28.6 Å². The van der Waals surface area contributed by atoms with Crippen LogP contribution in [0.4, 0.5) is 0 Å². The number of aliphatic hydroxyl groups is 1. The molecule has 0 aromatic heterocycles. The first-order chi connectivity index (χ1) is 11.4. The molecule has 3 heteroatoms. The van der Waals surface area contributed by atoms with Gasteiger partial charge in [-0.05, 0) is 62.4 Å². The monoisotopic (exact) mass is 326 g/mol. The Morgan fingerprint density at radius 2 is 2.04 bits per heavy atom. The molecule has 3 nitrogen and oxygen atoms in total. The van der Waals surface area contributed by atoms with Crippen LogP contribution < -0.4 is 0 Å². The minimum atomic E-state index is -0.917. The average Bonchev–Trinajstić information content (AvgIpc) is 2.85. The Morgan fingerprint density at radius 1 is 1.25 bits per heavy atom. The molecule has 3 fully saturated rings. The minimum Gasteiger partial charge on any atom is -0.385 e. The molecule has 4 aliphatic rings. The summed E-state index contributed by atoms with van der Waals surface area (Å²) in [4.78, 5) is 24.5. The van der Waals surface area contributed by atoms with E-state index in [1.165, 1.54) is 5.57 Å². The summed E-state index contributed by atoms with van der Waals surface area (Å²) in [5, 5.41) is 10.3. The number of ketones is 2. The number of allylic oxidation sites excluding steroid dienone is 1. The maximum atomic E-state index is 12.5. The van der Waals surface area contributed by atoms with Crippen LogP contribution in [-0.2, 0) is 9.59 Å². The smallest absolute Gasteiger partial charge is 0.184 e. The highest BCUT2D eigenvalue weighted by molar-refractivity contribution is 5.95. The van der Waals surface area contributed by atoms with Crippen molar-refractivity contribution in [3.63, 3.8) is 0 Å². The number of aliphatic hydroxyl groups excluding tert-OH is 1. The van der Waals surface area contributed by atoms with Gasteiger partial charge in [0.25, 0.3) is 0 Å². The van der Waals surface area contributed by atoms with Gasteiger partial charge in [-0.25, -0.2) is 0 Å². The number of fused-ring (bicyclic) bond motifs is 5. The molecule has 24 heavy (non-hydrogen) atoms. The van der Waals surface area contributed by atoms with Gasteiger partial charge in [-0.1, -0.05) is 12.5 Å². The third kappa shape index (κ3) is 1.96. The van der Waals surface area contributed by atoms with Gasteiger partial charge in [-0.2, -0.15) is 0 Å². The third-order valence-corrected chi connectivity index (χ3v) is 7.86. The van der Waals surface area contributed by atoms with Crippen molar-refractivity contribution in [3.05, 3.63) is 11.6 Å². The Bertz CT molecular complexity index is 669. The van der Waals surface area contributed by atoms with Crippen LogP contribution in [0.3, 0.4) is 0 Å². The predicted molar refractivity (Wildman–Crippen MR) is 90.9 cm³/mol. The normalized spacial score (nSPS) is 47.3. The molecule has 4 rings (SSSR count). The number of carbonyl (C=O) groups is 2. The van der Waals surface area contributed by atoms with Crippen molar-refractivity contribution in [1.29, 1.82) is 0 Å². The van der Waals surface area contributed by atoms with Crippen LogP contribution in [0, 0.1) is 40.9 Å². The van der Waals surface area contributed by atoms with Gasteiger partial charge in [0.2, 0.25) is 0 Å². The molecular weight excluding hydrogens is 300 g/mol. The molecule has 3 saturated carbocycles. The zero-order chi connectivity index (χ0) is 17.1. The van der Waals surface area contributed by atoms with E-state index in [4.69, 9.17) is 6.42 Å². The Hall–Kier alpha value is -1.40. The molecule has 0 radical (unpaired) electrons. The fourth-order valence-corrected chi connectivity index (χ4v) is 6.67. The van der Waals surface area contributed by atoms with Crippen molar-refractivity contribution in [1.82, 2.24) is 0 Å². The van der Waals surface area contributed by atoms with E-state index in [2.05, 4.69) is 12.8 Å². The summed E-state index contributed by atoms with van der Waals surface area (Å²) in [7, 11) is 0. The van der Waals surface area contributed by atoms with Crippen LogP contribution >= 0.6 is 0 Å². The maximum Gasteiger partial charge on any atom is 0.184 e. The minimum absolute atomic E-state index is 0.150. The Labute approximate surface area is 143 Å². The van der Waals surface area contributed by atoms with Crippen LogP contribution in [0.2, 0.25) is 0 Å². The Morgan fingerprint density at radius 3 is 2.79 bits per heavy atom. The van der Waals surface area contributed by atoms with E-state index in [-0.39, 0.29) is 16.6 Å². The summed E-state index contributed by atoms with van der Waals surface area (Å²) in [6.07, 6.45) is 13.2. The van der Waals surface area contributed by atoms with Gasteiger partial charge in [-0.3, -0.25) is 9.59 Å². The van der Waals surface area contributed by atoms with E-state index < -0.39 is 6.10 Å². The summed E-state index contributed by atoms with van der Waals surface area (Å²) in [5.41, 5.74) is 0.797. The summed E-state index contributed by atoms with van der Waals surface area (Å²) < 4.78 is 0. The summed E-state index contributed by atoms with van der Waals surface area (Å²) in [6, 6.07) is 0. The maximum absolute atomic E-state index is 12.5. The van der Waals surface area contributed by atoms with Crippen molar-refractivity contribution >= 4 is 11.6 Å². The molecule has 0 aromatic carbocycles. The Balaban J connectivity index is 1.76. The molecule has 0 amide bonds. The predicted octanol–water partition coefficient (Wildman–Crippen LogP) is 3.06. The van der Waals surface area contributed by atoms with E-state index in [1.807, 2.05) is 0 Å². The first-order valence-electron chi connectivity index (χ1n) is 9.32. The second-order valence-electron chi connectivity index (χ2n) is 8.66.